The summed E-state index contributed by atoms with van der Waals surface area (Å²) in [5.41, 5.74) is 3.94. The van der Waals surface area contributed by atoms with E-state index in [2.05, 4.69) is 39.5 Å². The van der Waals surface area contributed by atoms with E-state index in [4.69, 9.17) is 9.57 Å². The Bertz CT molecular complexity index is 1460. The minimum Gasteiger partial charge on any atom is -0.365 e. The Labute approximate surface area is 271 Å². The van der Waals surface area contributed by atoms with Gasteiger partial charge in [0.2, 0.25) is 10.0 Å². The van der Waals surface area contributed by atoms with Gasteiger partial charge < -0.3 is 4.74 Å². The minimum absolute atomic E-state index is 0.0885. The molecule has 0 radical (unpaired) electrons. The molecule has 45 heavy (non-hydrogen) atoms. The number of hydrogen-bond acceptors (Lipinski definition) is 5. The predicted molar refractivity (Wildman–Crippen MR) is 175 cm³/mol. The molecule has 8 heteroatoms. The Hall–Kier alpha value is -1.74. The Kier molecular flexibility index (Phi) is 7.90. The van der Waals surface area contributed by atoms with E-state index in [1.807, 2.05) is 30.3 Å². The fourth-order valence-corrected chi connectivity index (χ4v) is 12.9. The second-order valence-corrected chi connectivity index (χ2v) is 18.5. The van der Waals surface area contributed by atoms with E-state index < -0.39 is 10.0 Å². The predicted octanol–water partition coefficient (Wildman–Crippen LogP) is 6.66. The third-order valence-corrected chi connectivity index (χ3v) is 14.6. The number of nitrogens with zero attached hydrogens (tertiary/aromatic N) is 1. The Morgan fingerprint density at radius 3 is 2.56 bits per heavy atom. The summed E-state index contributed by atoms with van der Waals surface area (Å²) in [5.74, 6) is 3.08. The molecule has 1 aromatic rings. The van der Waals surface area contributed by atoms with Gasteiger partial charge >= 0.3 is 5.97 Å². The highest BCUT2D eigenvalue weighted by molar-refractivity contribution is 7.88. The van der Waals surface area contributed by atoms with Crippen LogP contribution in [0.2, 0.25) is 0 Å². The van der Waals surface area contributed by atoms with Crippen molar-refractivity contribution < 1.29 is 27.4 Å². The summed E-state index contributed by atoms with van der Waals surface area (Å²) in [6.45, 7) is 10.4. The van der Waals surface area contributed by atoms with E-state index in [1.54, 1.807) is 11.1 Å². The van der Waals surface area contributed by atoms with Crippen LogP contribution >= 0.6 is 0 Å². The van der Waals surface area contributed by atoms with Crippen LogP contribution in [0.5, 0.6) is 0 Å². The maximum absolute atomic E-state index is 13.4. The van der Waals surface area contributed by atoms with Gasteiger partial charge in [-0.2, -0.15) is 0 Å². The van der Waals surface area contributed by atoms with Gasteiger partial charge in [0.1, 0.15) is 19.7 Å². The summed E-state index contributed by atoms with van der Waals surface area (Å²) in [7, 11) is -1.06. The number of sulfonamides is 1. The smallest absolute Gasteiger partial charge is 0.365 e. The van der Waals surface area contributed by atoms with Gasteiger partial charge in [-0.15, -0.1) is 4.65 Å². The average molecular weight is 640 g/mol. The van der Waals surface area contributed by atoms with Gasteiger partial charge in [0.25, 0.3) is 0 Å². The lowest BCUT2D eigenvalue weighted by Crippen LogP contribution is -2.63. The number of fused-ring (bicyclic) bond motifs is 6. The maximum Gasteiger partial charge on any atom is 0.397 e. The van der Waals surface area contributed by atoms with E-state index in [-0.39, 0.29) is 35.7 Å². The number of piperidine rings is 1. The number of hydroxylamine groups is 3. The van der Waals surface area contributed by atoms with Crippen LogP contribution in [0.3, 0.4) is 0 Å². The average Bonchev–Trinajstić information content (AvgIpc) is 3.43. The SMILES string of the molecule is CC1=C2C[C@H]3[C@@H](CC[C@@H]4C[C@H](NS(C)(=O)=O)CC[C@@]43C)[C@@H]2CC[C@@]2(C1)O[C@@H]1C[C@H](C)C[N+](C)(OC(=O)c3ccccc3)C1[C@H]2C. The zero-order valence-electron chi connectivity index (χ0n) is 28.3. The molecule has 2 saturated heterocycles. The minimum atomic E-state index is -3.18. The molecule has 0 amide bonds. The van der Waals surface area contributed by atoms with Crippen molar-refractivity contribution >= 4 is 16.0 Å². The molecule has 7 rings (SSSR count). The molecular weight excluding hydrogens is 584 g/mol. The molecule has 248 valence electrons. The van der Waals surface area contributed by atoms with Gasteiger partial charge in [-0.05, 0) is 112 Å². The molecule has 0 aromatic heterocycles. The van der Waals surface area contributed by atoms with Crippen LogP contribution in [0.15, 0.2) is 41.5 Å². The van der Waals surface area contributed by atoms with Crippen molar-refractivity contribution in [2.24, 2.45) is 40.9 Å². The lowest BCUT2D eigenvalue weighted by atomic mass is 9.52. The number of likely N-dealkylation sites (N-methyl/N-ethyl adjacent to an activating group) is 1. The molecule has 1 N–H and O–H groups in total. The number of carbonyl (C=O) groups excluding carboxylic acids is 1. The highest BCUT2D eigenvalue weighted by atomic mass is 32.2. The van der Waals surface area contributed by atoms with E-state index in [0.717, 1.165) is 51.0 Å². The molecule has 4 aliphatic carbocycles. The first kappa shape index (κ1) is 31.8. The molecule has 1 spiro atoms. The summed E-state index contributed by atoms with van der Waals surface area (Å²) in [6.07, 6.45) is 12.4. The van der Waals surface area contributed by atoms with Crippen molar-refractivity contribution in [1.29, 1.82) is 0 Å². The normalized spacial score (nSPS) is 46.1. The monoisotopic (exact) mass is 639 g/mol. The number of quaternary nitrogens is 1. The third kappa shape index (κ3) is 5.44. The highest BCUT2D eigenvalue weighted by Crippen LogP contribution is 2.65. The van der Waals surface area contributed by atoms with Gasteiger partial charge in [-0.1, -0.05) is 50.1 Å². The Morgan fingerprint density at radius 1 is 1.07 bits per heavy atom. The number of benzene rings is 1. The van der Waals surface area contributed by atoms with Gasteiger partial charge in [0, 0.05) is 17.9 Å². The van der Waals surface area contributed by atoms with Crippen LogP contribution in [-0.2, 0) is 19.6 Å². The molecule has 5 fully saturated rings. The van der Waals surface area contributed by atoms with E-state index in [0.29, 0.717) is 39.3 Å². The highest BCUT2D eigenvalue weighted by Gasteiger charge is 2.65. The third-order valence-electron chi connectivity index (χ3n) is 13.9. The first-order valence-electron chi connectivity index (χ1n) is 17.7. The van der Waals surface area contributed by atoms with Crippen molar-refractivity contribution in [2.75, 3.05) is 19.8 Å². The zero-order chi connectivity index (χ0) is 31.9. The first-order chi connectivity index (χ1) is 21.2. The van der Waals surface area contributed by atoms with Crippen molar-refractivity contribution in [3.05, 3.63) is 47.0 Å². The maximum atomic E-state index is 13.4. The van der Waals surface area contributed by atoms with Crippen LogP contribution in [0.25, 0.3) is 0 Å². The van der Waals surface area contributed by atoms with E-state index in [1.165, 1.54) is 31.9 Å². The lowest BCUT2D eigenvalue weighted by molar-refractivity contribution is -1.10. The second-order valence-electron chi connectivity index (χ2n) is 16.7. The number of allylic oxidation sites excluding steroid dienone is 1. The molecule has 1 aromatic carbocycles. The quantitative estimate of drug-likeness (QED) is 0.295. The van der Waals surface area contributed by atoms with E-state index >= 15 is 0 Å². The molecule has 6 aliphatic rings. The summed E-state index contributed by atoms with van der Waals surface area (Å²) in [6, 6.07) is 9.62. The standard InChI is InChI=1S/C37H55N2O5S/c1-23-18-33-34(39(5,22-23)44-35(40)26-10-8-7-9-11-26)25(3)37(43-33)17-15-29-30-13-12-27-19-28(38-45(6,41)42)14-16-36(27,4)32(30)20-31(29)24(2)21-37/h7-11,23,25,27-30,32-34,38H,12-22H2,1-6H3/q+1/t23-,25+,27+,28+,29-,30-,32-,33+,34?,36-,37-,39?/m0/s1. The lowest BCUT2D eigenvalue weighted by Gasteiger charge is -2.54. The van der Waals surface area contributed by atoms with Crippen molar-refractivity contribution in [2.45, 2.75) is 116 Å². The van der Waals surface area contributed by atoms with Gasteiger partial charge in [-0.3, -0.25) is 4.84 Å². The molecular formula is C37H55N2O5S+. The zero-order valence-corrected chi connectivity index (χ0v) is 29.1. The number of hydrogen-bond donors (Lipinski definition) is 1. The fourth-order valence-electron chi connectivity index (χ4n) is 12.0. The molecule has 7 nitrogen and oxygen atoms in total. The van der Waals surface area contributed by atoms with Crippen LogP contribution in [0.1, 0.15) is 102 Å². The number of carbonyl (C=O) groups is 1. The Morgan fingerprint density at radius 2 is 1.82 bits per heavy atom. The fraction of sp³-hybridized carbons (Fsp3) is 0.757. The van der Waals surface area contributed by atoms with Crippen LogP contribution in [0.4, 0.5) is 0 Å². The Balaban J connectivity index is 1.12. The second kappa shape index (κ2) is 11.2. The van der Waals surface area contributed by atoms with Crippen LogP contribution in [0, 0.1) is 40.9 Å². The molecule has 2 heterocycles. The molecule has 3 saturated carbocycles. The summed E-state index contributed by atoms with van der Waals surface area (Å²) in [5, 5.41) is 0. The number of rotatable bonds is 4. The number of ether oxygens (including phenoxy) is 1. The van der Waals surface area contributed by atoms with Gasteiger partial charge in [0.15, 0.2) is 6.04 Å². The van der Waals surface area contributed by atoms with Crippen LogP contribution in [-0.4, -0.2) is 62.7 Å². The number of likely N-dealkylation sites (tertiary alicyclic amines) is 1. The summed E-state index contributed by atoms with van der Waals surface area (Å²) in [4.78, 5) is 19.8. The first-order valence-corrected chi connectivity index (χ1v) is 19.6. The number of nitrogens with one attached hydrogen (secondary N) is 1. The van der Waals surface area contributed by atoms with Crippen molar-refractivity contribution in [3.63, 3.8) is 0 Å². The van der Waals surface area contributed by atoms with Gasteiger partial charge in [0.05, 0.1) is 17.4 Å². The van der Waals surface area contributed by atoms with Gasteiger partial charge in [-0.25, -0.2) is 17.9 Å². The molecule has 0 bridgehead atoms. The van der Waals surface area contributed by atoms with Crippen molar-refractivity contribution in [1.82, 2.24) is 4.72 Å². The van der Waals surface area contributed by atoms with Crippen molar-refractivity contribution in [3.8, 4) is 0 Å². The van der Waals surface area contributed by atoms with Crippen LogP contribution < -0.4 is 4.72 Å². The molecule has 12 atom stereocenters. The largest absolute Gasteiger partial charge is 0.397 e. The topological polar surface area (TPSA) is 81.7 Å². The summed E-state index contributed by atoms with van der Waals surface area (Å²) >= 11 is 0. The van der Waals surface area contributed by atoms with E-state index in [9.17, 15) is 13.2 Å². The molecule has 2 unspecified atom stereocenters. The summed E-state index contributed by atoms with van der Waals surface area (Å²) < 4.78 is 34.5. The molecule has 2 aliphatic heterocycles.